The number of hydrogen-bond acceptors (Lipinski definition) is 3. The lowest BCUT2D eigenvalue weighted by atomic mass is 10.0. The van der Waals surface area contributed by atoms with E-state index < -0.39 is 0 Å². The lowest BCUT2D eigenvalue weighted by Crippen LogP contribution is -2.25. The van der Waals surface area contributed by atoms with Gasteiger partial charge in [0.2, 0.25) is 0 Å². The van der Waals surface area contributed by atoms with Gasteiger partial charge in [-0.3, -0.25) is 0 Å². The quantitative estimate of drug-likeness (QED) is 0.791. The molecule has 0 amide bonds. The summed E-state index contributed by atoms with van der Waals surface area (Å²) in [7, 11) is 1.71. The molecule has 1 unspecified atom stereocenters. The summed E-state index contributed by atoms with van der Waals surface area (Å²) in [6.45, 7) is 8.52. The van der Waals surface area contributed by atoms with Crippen molar-refractivity contribution in [1.29, 1.82) is 0 Å². The molecule has 0 aliphatic rings. The van der Waals surface area contributed by atoms with Gasteiger partial charge >= 0.3 is 0 Å². The van der Waals surface area contributed by atoms with E-state index in [1.54, 1.807) is 7.11 Å². The van der Waals surface area contributed by atoms with E-state index >= 15 is 0 Å². The monoisotopic (exact) mass is 237 g/mol. The standard InChI is InChI=1S/C14H23NO2/c1-5-15-13(10-17-6-2)12-8-7-11(3)14(9-12)16-4/h7-9,13,15H,5-6,10H2,1-4H3. The van der Waals surface area contributed by atoms with E-state index in [0.717, 1.165) is 24.5 Å². The van der Waals surface area contributed by atoms with Crippen molar-refractivity contribution in [2.24, 2.45) is 0 Å². The highest BCUT2D eigenvalue weighted by molar-refractivity contribution is 5.37. The van der Waals surface area contributed by atoms with Gasteiger partial charge in [-0.25, -0.2) is 0 Å². The van der Waals surface area contributed by atoms with E-state index in [9.17, 15) is 0 Å². The molecule has 0 bridgehead atoms. The summed E-state index contributed by atoms with van der Waals surface area (Å²) in [6, 6.07) is 6.53. The molecular formula is C14H23NO2. The minimum absolute atomic E-state index is 0.231. The van der Waals surface area contributed by atoms with Crippen LogP contribution in [0.5, 0.6) is 5.75 Å². The predicted molar refractivity (Wildman–Crippen MR) is 70.6 cm³/mol. The average Bonchev–Trinajstić information content (AvgIpc) is 2.35. The maximum absolute atomic E-state index is 5.50. The van der Waals surface area contributed by atoms with Crippen molar-refractivity contribution in [1.82, 2.24) is 5.32 Å². The Morgan fingerprint density at radius 2 is 2.06 bits per heavy atom. The Balaban J connectivity index is 2.85. The fourth-order valence-corrected chi connectivity index (χ4v) is 1.81. The van der Waals surface area contributed by atoms with Crippen molar-refractivity contribution < 1.29 is 9.47 Å². The van der Waals surface area contributed by atoms with E-state index in [1.807, 2.05) is 13.8 Å². The average molecular weight is 237 g/mol. The van der Waals surface area contributed by atoms with Crippen LogP contribution >= 0.6 is 0 Å². The first kappa shape index (κ1) is 14.0. The highest BCUT2D eigenvalue weighted by Gasteiger charge is 2.11. The first-order valence-electron chi connectivity index (χ1n) is 6.18. The highest BCUT2D eigenvalue weighted by atomic mass is 16.5. The van der Waals surface area contributed by atoms with Crippen molar-refractivity contribution in [3.8, 4) is 5.75 Å². The molecule has 1 rings (SSSR count). The first-order valence-corrected chi connectivity index (χ1v) is 6.18. The van der Waals surface area contributed by atoms with Gasteiger partial charge in [-0.2, -0.15) is 0 Å². The molecular weight excluding hydrogens is 214 g/mol. The zero-order valence-electron chi connectivity index (χ0n) is 11.2. The molecule has 0 fully saturated rings. The van der Waals surface area contributed by atoms with Crippen molar-refractivity contribution in [3.05, 3.63) is 29.3 Å². The minimum atomic E-state index is 0.231. The number of nitrogens with one attached hydrogen (secondary N) is 1. The summed E-state index contributed by atoms with van der Waals surface area (Å²) in [4.78, 5) is 0. The van der Waals surface area contributed by atoms with Crippen LogP contribution in [0.3, 0.4) is 0 Å². The number of likely N-dealkylation sites (N-methyl/N-ethyl adjacent to an activating group) is 1. The van der Waals surface area contributed by atoms with Crippen molar-refractivity contribution >= 4 is 0 Å². The van der Waals surface area contributed by atoms with Crippen molar-refractivity contribution in [2.75, 3.05) is 26.9 Å². The van der Waals surface area contributed by atoms with Gasteiger partial charge in [-0.1, -0.05) is 19.1 Å². The molecule has 0 radical (unpaired) electrons. The molecule has 1 aromatic carbocycles. The van der Waals surface area contributed by atoms with Crippen LogP contribution in [0.1, 0.15) is 31.0 Å². The van der Waals surface area contributed by atoms with Crippen LogP contribution < -0.4 is 10.1 Å². The molecule has 1 atom stereocenters. The maximum Gasteiger partial charge on any atom is 0.122 e. The largest absolute Gasteiger partial charge is 0.496 e. The predicted octanol–water partition coefficient (Wildman–Crippen LogP) is 2.69. The van der Waals surface area contributed by atoms with Gasteiger partial charge in [0, 0.05) is 6.61 Å². The SMILES string of the molecule is CCNC(COCC)c1ccc(C)c(OC)c1. The number of benzene rings is 1. The lowest BCUT2D eigenvalue weighted by molar-refractivity contribution is 0.123. The van der Waals surface area contributed by atoms with E-state index in [2.05, 4.69) is 30.4 Å². The van der Waals surface area contributed by atoms with Gasteiger partial charge in [0.05, 0.1) is 19.8 Å². The Morgan fingerprint density at radius 3 is 2.65 bits per heavy atom. The molecule has 96 valence electrons. The van der Waals surface area contributed by atoms with Crippen LogP contribution in [-0.4, -0.2) is 26.9 Å². The van der Waals surface area contributed by atoms with Crippen LogP contribution in [0.4, 0.5) is 0 Å². The fourth-order valence-electron chi connectivity index (χ4n) is 1.81. The van der Waals surface area contributed by atoms with E-state index in [-0.39, 0.29) is 6.04 Å². The Morgan fingerprint density at radius 1 is 1.29 bits per heavy atom. The Hall–Kier alpha value is -1.06. The Labute approximate surface area is 104 Å². The van der Waals surface area contributed by atoms with Crippen LogP contribution in [0.25, 0.3) is 0 Å². The summed E-state index contributed by atoms with van der Waals surface area (Å²) in [6.07, 6.45) is 0. The zero-order chi connectivity index (χ0) is 12.7. The van der Waals surface area contributed by atoms with Crippen molar-refractivity contribution in [3.63, 3.8) is 0 Å². The molecule has 0 aromatic heterocycles. The lowest BCUT2D eigenvalue weighted by Gasteiger charge is -2.19. The summed E-state index contributed by atoms with van der Waals surface area (Å²) < 4.78 is 10.9. The third-order valence-electron chi connectivity index (χ3n) is 2.77. The van der Waals surface area contributed by atoms with Gasteiger partial charge < -0.3 is 14.8 Å². The number of ether oxygens (including phenoxy) is 2. The molecule has 1 aromatic rings. The second-order valence-corrected chi connectivity index (χ2v) is 4.00. The summed E-state index contributed by atoms with van der Waals surface area (Å²) >= 11 is 0. The highest BCUT2D eigenvalue weighted by Crippen LogP contribution is 2.23. The smallest absolute Gasteiger partial charge is 0.122 e. The van der Waals surface area contributed by atoms with Gasteiger partial charge in [-0.15, -0.1) is 0 Å². The summed E-state index contributed by atoms with van der Waals surface area (Å²) in [5.41, 5.74) is 2.37. The van der Waals surface area contributed by atoms with Crippen molar-refractivity contribution in [2.45, 2.75) is 26.8 Å². The van der Waals surface area contributed by atoms with Gasteiger partial charge in [0.1, 0.15) is 5.75 Å². The number of methoxy groups -OCH3 is 1. The van der Waals surface area contributed by atoms with Gasteiger partial charge in [0.25, 0.3) is 0 Å². The molecule has 3 nitrogen and oxygen atoms in total. The third-order valence-corrected chi connectivity index (χ3v) is 2.77. The summed E-state index contributed by atoms with van der Waals surface area (Å²) in [5, 5.41) is 3.42. The number of hydrogen-bond donors (Lipinski definition) is 1. The molecule has 0 spiro atoms. The van der Waals surface area contributed by atoms with Crippen LogP contribution in [0, 0.1) is 6.92 Å². The second-order valence-electron chi connectivity index (χ2n) is 4.00. The Kier molecular flexibility index (Phi) is 6.01. The number of aryl methyl sites for hydroxylation is 1. The normalized spacial score (nSPS) is 12.5. The van der Waals surface area contributed by atoms with Crippen LogP contribution in [0.2, 0.25) is 0 Å². The Bertz CT molecular complexity index is 339. The molecule has 0 aliphatic heterocycles. The molecule has 0 saturated heterocycles. The zero-order valence-corrected chi connectivity index (χ0v) is 11.2. The topological polar surface area (TPSA) is 30.5 Å². The maximum atomic E-state index is 5.50. The molecule has 0 heterocycles. The molecule has 3 heteroatoms. The van der Waals surface area contributed by atoms with Crippen LogP contribution in [-0.2, 0) is 4.74 Å². The molecule has 17 heavy (non-hydrogen) atoms. The first-order chi connectivity index (χ1) is 8.22. The van der Waals surface area contributed by atoms with Gasteiger partial charge in [-0.05, 0) is 37.6 Å². The second kappa shape index (κ2) is 7.30. The van der Waals surface area contributed by atoms with E-state index in [0.29, 0.717) is 6.61 Å². The summed E-state index contributed by atoms with van der Waals surface area (Å²) in [5.74, 6) is 0.932. The van der Waals surface area contributed by atoms with E-state index in [4.69, 9.17) is 9.47 Å². The third kappa shape index (κ3) is 4.02. The molecule has 0 aliphatic carbocycles. The van der Waals surface area contributed by atoms with E-state index in [1.165, 1.54) is 5.56 Å². The fraction of sp³-hybridized carbons (Fsp3) is 0.571. The van der Waals surface area contributed by atoms with Gasteiger partial charge in [0.15, 0.2) is 0 Å². The molecule has 1 N–H and O–H groups in total. The minimum Gasteiger partial charge on any atom is -0.496 e. The number of rotatable bonds is 7. The molecule has 0 saturated carbocycles. The van der Waals surface area contributed by atoms with Crippen LogP contribution in [0.15, 0.2) is 18.2 Å².